The van der Waals surface area contributed by atoms with Crippen molar-refractivity contribution in [3.8, 4) is 0 Å². The summed E-state index contributed by atoms with van der Waals surface area (Å²) >= 11 is 0. The van der Waals surface area contributed by atoms with Gasteiger partial charge >= 0.3 is 0 Å². The summed E-state index contributed by atoms with van der Waals surface area (Å²) in [6, 6.07) is 3.69. The van der Waals surface area contributed by atoms with Crippen LogP contribution in [0.4, 0.5) is 0 Å². The molecule has 0 unspecified atom stereocenters. The van der Waals surface area contributed by atoms with E-state index in [1.165, 1.54) is 0 Å². The molecule has 0 amide bonds. The summed E-state index contributed by atoms with van der Waals surface area (Å²) in [6.45, 7) is 0.635. The van der Waals surface area contributed by atoms with E-state index < -0.39 is 0 Å². The average molecular weight is 163 g/mol. The van der Waals surface area contributed by atoms with Gasteiger partial charge in [0.05, 0.1) is 6.54 Å². The molecule has 0 radical (unpaired) electrons. The Kier molecular flexibility index (Phi) is 1.75. The fraction of sp³-hybridized carbons (Fsp3) is 0.250. The molecule has 4 nitrogen and oxygen atoms in total. The monoisotopic (exact) mass is 163 g/mol. The molecular weight excluding hydrogens is 154 g/mol. The van der Waals surface area contributed by atoms with Crippen LogP contribution in [0, 0.1) is 0 Å². The molecular formula is C8H9N3O. The molecule has 4 heteroatoms. The van der Waals surface area contributed by atoms with Crippen LogP contribution in [-0.4, -0.2) is 17.0 Å². The van der Waals surface area contributed by atoms with Gasteiger partial charge in [-0.05, 0) is 19.2 Å². The highest BCUT2D eigenvalue weighted by Gasteiger charge is 2.03. The average Bonchev–Trinajstić information content (AvgIpc) is 2.47. The van der Waals surface area contributed by atoms with Crippen molar-refractivity contribution in [3.05, 3.63) is 24.2 Å². The maximum atomic E-state index is 5.37. The van der Waals surface area contributed by atoms with Crippen molar-refractivity contribution in [1.29, 1.82) is 0 Å². The van der Waals surface area contributed by atoms with E-state index in [1.54, 1.807) is 6.20 Å². The molecule has 0 atom stereocenters. The Bertz CT molecular complexity index is 349. The van der Waals surface area contributed by atoms with Crippen molar-refractivity contribution in [1.82, 2.24) is 15.3 Å². The zero-order valence-corrected chi connectivity index (χ0v) is 6.74. The quantitative estimate of drug-likeness (QED) is 0.715. The van der Waals surface area contributed by atoms with Crippen molar-refractivity contribution < 1.29 is 4.42 Å². The number of oxazole rings is 1. The second-order valence-corrected chi connectivity index (χ2v) is 2.46. The summed E-state index contributed by atoms with van der Waals surface area (Å²) in [4.78, 5) is 8.21. The van der Waals surface area contributed by atoms with E-state index in [-0.39, 0.29) is 0 Å². The largest absolute Gasteiger partial charge is 0.438 e. The first-order valence-corrected chi connectivity index (χ1v) is 3.75. The summed E-state index contributed by atoms with van der Waals surface area (Å²) in [5.74, 6) is 0.672. The van der Waals surface area contributed by atoms with Crippen LogP contribution in [0.2, 0.25) is 0 Å². The summed E-state index contributed by atoms with van der Waals surface area (Å²) < 4.78 is 5.37. The molecule has 1 N–H and O–H groups in total. The van der Waals surface area contributed by atoms with Gasteiger partial charge in [-0.3, -0.25) is 0 Å². The lowest BCUT2D eigenvalue weighted by Gasteiger charge is -1.87. The van der Waals surface area contributed by atoms with Crippen LogP contribution in [0.15, 0.2) is 22.7 Å². The topological polar surface area (TPSA) is 51.0 Å². The van der Waals surface area contributed by atoms with Crippen LogP contribution >= 0.6 is 0 Å². The maximum Gasteiger partial charge on any atom is 0.211 e. The lowest BCUT2D eigenvalue weighted by molar-refractivity contribution is 0.511. The van der Waals surface area contributed by atoms with E-state index in [2.05, 4.69) is 15.3 Å². The van der Waals surface area contributed by atoms with Gasteiger partial charge in [0, 0.05) is 6.20 Å². The second kappa shape index (κ2) is 2.91. The molecule has 0 aromatic carbocycles. The Labute approximate surface area is 69.6 Å². The normalized spacial score (nSPS) is 10.8. The van der Waals surface area contributed by atoms with Crippen molar-refractivity contribution in [2.24, 2.45) is 0 Å². The Morgan fingerprint density at radius 1 is 1.58 bits per heavy atom. The van der Waals surface area contributed by atoms with Gasteiger partial charge in [0.2, 0.25) is 5.89 Å². The molecule has 12 heavy (non-hydrogen) atoms. The molecule has 2 heterocycles. The lowest BCUT2D eigenvalue weighted by atomic mass is 10.5. The first-order valence-electron chi connectivity index (χ1n) is 3.75. The molecule has 0 fully saturated rings. The lowest BCUT2D eigenvalue weighted by Crippen LogP contribution is -2.04. The van der Waals surface area contributed by atoms with Gasteiger partial charge in [0.25, 0.3) is 0 Å². The molecule has 0 bridgehead atoms. The minimum atomic E-state index is 0.635. The van der Waals surface area contributed by atoms with Gasteiger partial charge in [0.1, 0.15) is 0 Å². The number of nitrogens with zero attached hydrogens (tertiary/aromatic N) is 2. The number of rotatable bonds is 2. The van der Waals surface area contributed by atoms with Crippen LogP contribution in [0.25, 0.3) is 11.2 Å². The standard InChI is InChI=1S/C8H9N3O/c1-9-5-7-11-8-6(12-7)3-2-4-10-8/h2-4,9H,5H2,1H3. The van der Waals surface area contributed by atoms with Crippen LogP contribution in [0.3, 0.4) is 0 Å². The van der Waals surface area contributed by atoms with Crippen LogP contribution in [-0.2, 0) is 6.54 Å². The van der Waals surface area contributed by atoms with E-state index in [9.17, 15) is 0 Å². The summed E-state index contributed by atoms with van der Waals surface area (Å²) in [6.07, 6.45) is 1.70. The van der Waals surface area contributed by atoms with Crippen LogP contribution in [0.5, 0.6) is 0 Å². The zero-order valence-electron chi connectivity index (χ0n) is 6.74. The Morgan fingerprint density at radius 2 is 2.50 bits per heavy atom. The number of hydrogen-bond acceptors (Lipinski definition) is 4. The first kappa shape index (κ1) is 7.24. The van der Waals surface area contributed by atoms with Gasteiger partial charge in [-0.2, -0.15) is 4.98 Å². The molecule has 0 aliphatic carbocycles. The van der Waals surface area contributed by atoms with Crippen LogP contribution in [0.1, 0.15) is 5.89 Å². The van der Waals surface area contributed by atoms with Crippen molar-refractivity contribution in [2.45, 2.75) is 6.54 Å². The van der Waals surface area contributed by atoms with Gasteiger partial charge in [-0.1, -0.05) is 0 Å². The molecule has 2 aromatic rings. The van der Waals surface area contributed by atoms with Gasteiger partial charge < -0.3 is 9.73 Å². The van der Waals surface area contributed by atoms with Gasteiger partial charge in [-0.15, -0.1) is 0 Å². The van der Waals surface area contributed by atoms with E-state index in [0.29, 0.717) is 18.1 Å². The maximum absolute atomic E-state index is 5.37. The molecule has 0 spiro atoms. The predicted molar refractivity (Wildman–Crippen MR) is 44.6 cm³/mol. The molecule has 0 aliphatic rings. The Hall–Kier alpha value is -1.42. The SMILES string of the molecule is CNCc1nc2ncccc2o1. The molecule has 0 aliphatic heterocycles. The van der Waals surface area contributed by atoms with Crippen molar-refractivity contribution in [3.63, 3.8) is 0 Å². The second-order valence-electron chi connectivity index (χ2n) is 2.46. The third kappa shape index (κ3) is 1.16. The van der Waals surface area contributed by atoms with Gasteiger partial charge in [-0.25, -0.2) is 4.98 Å². The third-order valence-corrected chi connectivity index (χ3v) is 1.54. The molecule has 2 rings (SSSR count). The van der Waals surface area contributed by atoms with Gasteiger partial charge in [0.15, 0.2) is 11.2 Å². The molecule has 0 saturated heterocycles. The molecule has 62 valence electrons. The predicted octanol–water partition coefficient (Wildman–Crippen LogP) is 0.942. The van der Waals surface area contributed by atoms with E-state index >= 15 is 0 Å². The first-order chi connectivity index (χ1) is 5.90. The minimum absolute atomic E-state index is 0.635. The van der Waals surface area contributed by atoms with E-state index in [4.69, 9.17) is 4.42 Å². The number of aromatic nitrogens is 2. The molecule has 0 saturated carbocycles. The third-order valence-electron chi connectivity index (χ3n) is 1.54. The van der Waals surface area contributed by atoms with Crippen molar-refractivity contribution >= 4 is 11.2 Å². The van der Waals surface area contributed by atoms with Crippen molar-refractivity contribution in [2.75, 3.05) is 7.05 Å². The van der Waals surface area contributed by atoms with E-state index in [1.807, 2.05) is 19.2 Å². The number of fused-ring (bicyclic) bond motifs is 1. The summed E-state index contributed by atoms with van der Waals surface area (Å²) in [5.41, 5.74) is 1.41. The molecule has 2 aromatic heterocycles. The Morgan fingerprint density at radius 3 is 3.25 bits per heavy atom. The smallest absolute Gasteiger partial charge is 0.211 e. The Balaban J connectivity index is 2.47. The van der Waals surface area contributed by atoms with Crippen LogP contribution < -0.4 is 5.32 Å². The summed E-state index contributed by atoms with van der Waals surface area (Å²) in [5, 5.41) is 2.96. The zero-order chi connectivity index (χ0) is 8.39. The number of hydrogen-bond donors (Lipinski definition) is 1. The summed E-state index contributed by atoms with van der Waals surface area (Å²) in [7, 11) is 1.85. The highest BCUT2D eigenvalue weighted by molar-refractivity contribution is 5.66. The number of pyridine rings is 1. The fourth-order valence-electron chi connectivity index (χ4n) is 1.04. The number of nitrogens with one attached hydrogen (secondary N) is 1. The fourth-order valence-corrected chi connectivity index (χ4v) is 1.04. The van der Waals surface area contributed by atoms with E-state index in [0.717, 1.165) is 5.58 Å². The highest BCUT2D eigenvalue weighted by Crippen LogP contribution is 2.11. The minimum Gasteiger partial charge on any atom is -0.438 e. The highest BCUT2D eigenvalue weighted by atomic mass is 16.3.